The molecule has 0 aliphatic rings. The van der Waals surface area contributed by atoms with Gasteiger partial charge in [0.1, 0.15) is 5.82 Å². The Balaban J connectivity index is 1.64. The molecule has 3 aromatic rings. The number of aromatic amines is 1. The molecule has 0 radical (unpaired) electrons. The zero-order chi connectivity index (χ0) is 15.5. The first-order valence-corrected chi connectivity index (χ1v) is 7.20. The van der Waals surface area contributed by atoms with Crippen molar-refractivity contribution in [2.45, 2.75) is 19.9 Å². The highest BCUT2D eigenvalue weighted by molar-refractivity contribution is 5.84. The summed E-state index contributed by atoms with van der Waals surface area (Å²) in [5.74, 6) is -0.415. The lowest BCUT2D eigenvalue weighted by atomic mass is 10.1. The van der Waals surface area contributed by atoms with E-state index in [1.165, 1.54) is 6.07 Å². The van der Waals surface area contributed by atoms with E-state index >= 15 is 0 Å². The molecule has 1 amide bonds. The second-order valence-corrected chi connectivity index (χ2v) is 5.42. The van der Waals surface area contributed by atoms with Crippen molar-refractivity contribution in [1.29, 1.82) is 0 Å². The van der Waals surface area contributed by atoms with Gasteiger partial charge in [0.2, 0.25) is 5.91 Å². The number of aromatic nitrogens is 1. The Morgan fingerprint density at radius 1 is 1.18 bits per heavy atom. The number of carbonyl (C=O) groups is 1. The Labute approximate surface area is 128 Å². The maximum atomic E-state index is 13.5. The summed E-state index contributed by atoms with van der Waals surface area (Å²) in [6.07, 6.45) is 0.286. The summed E-state index contributed by atoms with van der Waals surface area (Å²) in [5, 5.41) is 3.85. The monoisotopic (exact) mass is 296 g/mol. The molecule has 22 heavy (non-hydrogen) atoms. The molecule has 4 heteroatoms. The Bertz CT molecular complexity index is 823. The third kappa shape index (κ3) is 3.17. The van der Waals surface area contributed by atoms with E-state index in [-0.39, 0.29) is 24.7 Å². The predicted octanol–water partition coefficient (Wildman–Crippen LogP) is 3.47. The third-order valence-corrected chi connectivity index (χ3v) is 3.62. The molecule has 0 aliphatic heterocycles. The first kappa shape index (κ1) is 14.3. The molecule has 0 fully saturated rings. The van der Waals surface area contributed by atoms with Crippen LogP contribution < -0.4 is 5.32 Å². The maximum absolute atomic E-state index is 13.5. The molecule has 0 saturated heterocycles. The fourth-order valence-corrected chi connectivity index (χ4v) is 2.52. The number of carbonyl (C=O) groups excluding carboxylic acids is 1. The molecule has 2 N–H and O–H groups in total. The molecule has 112 valence electrons. The van der Waals surface area contributed by atoms with Crippen molar-refractivity contribution in [2.75, 3.05) is 0 Å². The summed E-state index contributed by atoms with van der Waals surface area (Å²) in [5.41, 5.74) is 3.59. The summed E-state index contributed by atoms with van der Waals surface area (Å²) in [6.45, 7) is 2.21. The highest BCUT2D eigenvalue weighted by Gasteiger charge is 2.07. The zero-order valence-electron chi connectivity index (χ0n) is 12.3. The predicted molar refractivity (Wildman–Crippen MR) is 85.0 cm³/mol. The average molecular weight is 296 g/mol. The van der Waals surface area contributed by atoms with Crippen LogP contribution in [0.4, 0.5) is 4.39 Å². The van der Waals surface area contributed by atoms with E-state index in [0.717, 1.165) is 22.2 Å². The fourth-order valence-electron chi connectivity index (χ4n) is 2.52. The highest BCUT2D eigenvalue weighted by Crippen LogP contribution is 2.17. The minimum atomic E-state index is -0.299. The van der Waals surface area contributed by atoms with E-state index in [0.29, 0.717) is 5.56 Å². The van der Waals surface area contributed by atoms with E-state index < -0.39 is 0 Å². The zero-order valence-corrected chi connectivity index (χ0v) is 12.3. The van der Waals surface area contributed by atoms with Crippen LogP contribution in [-0.2, 0) is 17.8 Å². The lowest BCUT2D eigenvalue weighted by Gasteiger charge is -2.06. The number of rotatable bonds is 4. The number of amides is 1. The highest BCUT2D eigenvalue weighted by atomic mass is 19.1. The summed E-state index contributed by atoms with van der Waals surface area (Å²) >= 11 is 0. The van der Waals surface area contributed by atoms with Gasteiger partial charge in [-0.25, -0.2) is 4.39 Å². The van der Waals surface area contributed by atoms with Gasteiger partial charge in [0.25, 0.3) is 0 Å². The molecule has 1 heterocycles. The van der Waals surface area contributed by atoms with Gasteiger partial charge in [-0.1, -0.05) is 24.3 Å². The van der Waals surface area contributed by atoms with Crippen molar-refractivity contribution in [3.8, 4) is 0 Å². The van der Waals surface area contributed by atoms with Gasteiger partial charge in [-0.3, -0.25) is 4.79 Å². The molecule has 0 atom stereocenters. The Kier molecular flexibility index (Phi) is 3.92. The molecule has 0 saturated carbocycles. The van der Waals surface area contributed by atoms with Crippen LogP contribution >= 0.6 is 0 Å². The third-order valence-electron chi connectivity index (χ3n) is 3.62. The van der Waals surface area contributed by atoms with Crippen molar-refractivity contribution >= 4 is 16.8 Å². The first-order chi connectivity index (χ1) is 10.6. The van der Waals surface area contributed by atoms with Gasteiger partial charge < -0.3 is 10.3 Å². The van der Waals surface area contributed by atoms with Gasteiger partial charge in [-0.2, -0.15) is 0 Å². The van der Waals surface area contributed by atoms with Crippen molar-refractivity contribution in [3.05, 3.63) is 71.2 Å². The van der Waals surface area contributed by atoms with Crippen LogP contribution in [0.15, 0.2) is 48.5 Å². The Hall–Kier alpha value is -2.62. The lowest BCUT2D eigenvalue weighted by Crippen LogP contribution is -2.24. The molecule has 2 aromatic carbocycles. The number of fused-ring (bicyclic) bond motifs is 1. The van der Waals surface area contributed by atoms with Crippen molar-refractivity contribution in [2.24, 2.45) is 0 Å². The number of aryl methyl sites for hydroxylation is 1. The SMILES string of the molecule is Cc1cc2cc(CC(=O)NCc3ccccc3F)ccc2[nH]1. The van der Waals surface area contributed by atoms with Gasteiger partial charge in [-0.05, 0) is 42.1 Å². The summed E-state index contributed by atoms with van der Waals surface area (Å²) in [6, 6.07) is 14.4. The van der Waals surface area contributed by atoms with Crippen molar-refractivity contribution < 1.29 is 9.18 Å². The normalized spacial score (nSPS) is 10.8. The van der Waals surface area contributed by atoms with Crippen molar-refractivity contribution in [3.63, 3.8) is 0 Å². The lowest BCUT2D eigenvalue weighted by molar-refractivity contribution is -0.120. The van der Waals surface area contributed by atoms with Gasteiger partial charge >= 0.3 is 0 Å². The maximum Gasteiger partial charge on any atom is 0.224 e. The Morgan fingerprint density at radius 3 is 2.82 bits per heavy atom. The molecule has 0 bridgehead atoms. The largest absolute Gasteiger partial charge is 0.359 e. The number of halogens is 1. The molecule has 3 rings (SSSR count). The Morgan fingerprint density at radius 2 is 2.00 bits per heavy atom. The number of benzene rings is 2. The molecule has 0 spiro atoms. The van der Waals surface area contributed by atoms with Crippen LogP contribution in [0.2, 0.25) is 0 Å². The van der Waals surface area contributed by atoms with E-state index in [4.69, 9.17) is 0 Å². The van der Waals surface area contributed by atoms with Crippen LogP contribution in [0.25, 0.3) is 10.9 Å². The van der Waals surface area contributed by atoms with Crippen LogP contribution in [0, 0.1) is 12.7 Å². The van der Waals surface area contributed by atoms with Gasteiger partial charge in [0.15, 0.2) is 0 Å². The summed E-state index contributed by atoms with van der Waals surface area (Å²) in [7, 11) is 0. The van der Waals surface area contributed by atoms with Crippen molar-refractivity contribution in [1.82, 2.24) is 10.3 Å². The number of nitrogens with one attached hydrogen (secondary N) is 2. The molecule has 0 unspecified atom stereocenters. The van der Waals surface area contributed by atoms with E-state index in [2.05, 4.69) is 16.4 Å². The van der Waals surface area contributed by atoms with Crippen LogP contribution in [0.3, 0.4) is 0 Å². The number of hydrogen-bond donors (Lipinski definition) is 2. The fraction of sp³-hybridized carbons (Fsp3) is 0.167. The minimum Gasteiger partial charge on any atom is -0.359 e. The second kappa shape index (κ2) is 6.02. The second-order valence-electron chi connectivity index (χ2n) is 5.42. The van der Waals surface area contributed by atoms with Crippen LogP contribution in [0.1, 0.15) is 16.8 Å². The molecular weight excluding hydrogens is 279 g/mol. The van der Waals surface area contributed by atoms with Crippen LogP contribution in [0.5, 0.6) is 0 Å². The quantitative estimate of drug-likeness (QED) is 0.760. The number of hydrogen-bond acceptors (Lipinski definition) is 1. The molecule has 3 nitrogen and oxygen atoms in total. The molecule has 0 aliphatic carbocycles. The van der Waals surface area contributed by atoms with E-state index in [9.17, 15) is 9.18 Å². The van der Waals surface area contributed by atoms with Gasteiger partial charge in [0, 0.05) is 23.3 Å². The topological polar surface area (TPSA) is 44.9 Å². The van der Waals surface area contributed by atoms with E-state index in [1.807, 2.05) is 25.1 Å². The standard InChI is InChI=1S/C18H17FN2O/c1-12-8-15-9-13(6-7-17(15)21-12)10-18(22)20-11-14-4-2-3-5-16(14)19/h2-9,21H,10-11H2,1H3,(H,20,22). The molecule has 1 aromatic heterocycles. The van der Waals surface area contributed by atoms with Gasteiger partial charge in [-0.15, -0.1) is 0 Å². The first-order valence-electron chi connectivity index (χ1n) is 7.20. The molecular formula is C18H17FN2O. The van der Waals surface area contributed by atoms with E-state index in [1.54, 1.807) is 18.2 Å². The minimum absolute atomic E-state index is 0.116. The number of H-pyrrole nitrogens is 1. The summed E-state index contributed by atoms with van der Waals surface area (Å²) < 4.78 is 13.5. The van der Waals surface area contributed by atoms with Crippen LogP contribution in [-0.4, -0.2) is 10.9 Å². The summed E-state index contributed by atoms with van der Waals surface area (Å²) in [4.78, 5) is 15.2. The smallest absolute Gasteiger partial charge is 0.224 e. The average Bonchev–Trinajstić information content (AvgIpc) is 2.86. The van der Waals surface area contributed by atoms with Gasteiger partial charge in [0.05, 0.1) is 6.42 Å².